The highest BCUT2D eigenvalue weighted by atomic mass is 19.4. The van der Waals surface area contributed by atoms with Gasteiger partial charge in [0.2, 0.25) is 0 Å². The zero-order valence-corrected chi connectivity index (χ0v) is 15.2. The lowest BCUT2D eigenvalue weighted by molar-refractivity contribution is -0.162. The first-order valence-electron chi connectivity index (χ1n) is 8.16. The van der Waals surface area contributed by atoms with Crippen LogP contribution in [-0.4, -0.2) is 41.5 Å². The molecule has 28 heavy (non-hydrogen) atoms. The predicted molar refractivity (Wildman–Crippen MR) is 86.3 cm³/mol. The number of benzene rings is 1. The molecule has 5 nitrogen and oxygen atoms in total. The minimum Gasteiger partial charge on any atom is -0.369 e. The molecule has 156 valence electrons. The van der Waals surface area contributed by atoms with Crippen molar-refractivity contribution in [1.82, 2.24) is 4.90 Å². The largest absolute Gasteiger partial charge is 0.416 e. The Morgan fingerprint density at radius 1 is 1.07 bits per heavy atom. The molecule has 1 aliphatic heterocycles. The van der Waals surface area contributed by atoms with E-state index in [1.165, 1.54) is 0 Å². The van der Waals surface area contributed by atoms with E-state index in [1.807, 2.05) is 5.32 Å². The normalized spacial score (nSPS) is 20.0. The minimum absolute atomic E-state index is 0.0417. The Labute approximate surface area is 156 Å². The molecule has 0 spiro atoms. The van der Waals surface area contributed by atoms with Crippen LogP contribution in [0.3, 0.4) is 0 Å². The summed E-state index contributed by atoms with van der Waals surface area (Å²) >= 11 is 0. The molecule has 0 unspecified atom stereocenters. The van der Waals surface area contributed by atoms with Gasteiger partial charge in [0.05, 0.1) is 22.8 Å². The minimum atomic E-state index is -5.06. The van der Waals surface area contributed by atoms with E-state index >= 15 is 0 Å². The Bertz CT molecular complexity index is 741. The molecular formula is C17H18F6N2O3. The Morgan fingerprint density at radius 3 is 2.00 bits per heavy atom. The van der Waals surface area contributed by atoms with E-state index in [2.05, 4.69) is 0 Å². The standard InChI is InChI=1S/C17H18F6N2O3/c1-9-7-25(8-15(2,3)28-9)14(27)13(26)24-12-5-10(16(18,19)20)4-11(6-12)17(21,22)23/h4-6,9H,7-8H2,1-3H3,(H,24,26)/t9-/m1/s1. The molecule has 0 aliphatic carbocycles. The lowest BCUT2D eigenvalue weighted by atomic mass is 10.1. The molecule has 2 amide bonds. The number of amides is 2. The topological polar surface area (TPSA) is 58.6 Å². The molecule has 0 saturated carbocycles. The highest BCUT2D eigenvalue weighted by Gasteiger charge is 2.38. The number of hydrogen-bond acceptors (Lipinski definition) is 3. The van der Waals surface area contributed by atoms with Crippen LogP contribution in [0.15, 0.2) is 18.2 Å². The van der Waals surface area contributed by atoms with Gasteiger partial charge in [-0.15, -0.1) is 0 Å². The highest BCUT2D eigenvalue weighted by Crippen LogP contribution is 2.37. The molecule has 1 N–H and O–H groups in total. The maximum atomic E-state index is 12.9. The number of carbonyl (C=O) groups is 2. The van der Waals surface area contributed by atoms with Crippen molar-refractivity contribution >= 4 is 17.5 Å². The Hall–Kier alpha value is -2.30. The van der Waals surface area contributed by atoms with Gasteiger partial charge in [-0.3, -0.25) is 9.59 Å². The third-order valence-electron chi connectivity index (χ3n) is 3.90. The van der Waals surface area contributed by atoms with Crippen molar-refractivity contribution in [2.24, 2.45) is 0 Å². The van der Waals surface area contributed by atoms with Crippen molar-refractivity contribution in [3.63, 3.8) is 0 Å². The van der Waals surface area contributed by atoms with Gasteiger partial charge < -0.3 is 15.0 Å². The van der Waals surface area contributed by atoms with Gasteiger partial charge in [0.15, 0.2) is 0 Å². The summed E-state index contributed by atoms with van der Waals surface area (Å²) in [5, 5.41) is 1.84. The molecule has 11 heteroatoms. The first-order valence-corrected chi connectivity index (χ1v) is 8.16. The van der Waals surface area contributed by atoms with Crippen LogP contribution in [-0.2, 0) is 26.7 Å². The second-order valence-corrected chi connectivity index (χ2v) is 7.12. The van der Waals surface area contributed by atoms with E-state index < -0.39 is 52.7 Å². The summed E-state index contributed by atoms with van der Waals surface area (Å²) in [4.78, 5) is 25.6. The van der Waals surface area contributed by atoms with E-state index in [4.69, 9.17) is 4.74 Å². The summed E-state index contributed by atoms with van der Waals surface area (Å²) in [6, 6.07) is 0.613. The van der Waals surface area contributed by atoms with Gasteiger partial charge in [0, 0.05) is 18.8 Å². The van der Waals surface area contributed by atoms with E-state index in [0.29, 0.717) is 12.1 Å². The molecule has 1 aliphatic rings. The quantitative estimate of drug-likeness (QED) is 0.566. The summed E-state index contributed by atoms with van der Waals surface area (Å²) in [6.07, 6.45) is -10.5. The zero-order valence-electron chi connectivity index (χ0n) is 15.2. The molecule has 0 radical (unpaired) electrons. The molecule has 1 heterocycles. The van der Waals surface area contributed by atoms with Crippen LogP contribution in [0.2, 0.25) is 0 Å². The second-order valence-electron chi connectivity index (χ2n) is 7.12. The van der Waals surface area contributed by atoms with Gasteiger partial charge in [-0.2, -0.15) is 26.3 Å². The van der Waals surface area contributed by atoms with Crippen molar-refractivity contribution in [2.45, 2.75) is 44.8 Å². The SMILES string of the molecule is C[C@@H]1CN(C(=O)C(=O)Nc2cc(C(F)(F)F)cc(C(F)(F)F)c2)CC(C)(C)O1. The van der Waals surface area contributed by atoms with Crippen LogP contribution in [0.1, 0.15) is 31.9 Å². The maximum Gasteiger partial charge on any atom is 0.416 e. The van der Waals surface area contributed by atoms with Crippen molar-refractivity contribution in [1.29, 1.82) is 0 Å². The molecule has 0 bridgehead atoms. The summed E-state index contributed by atoms with van der Waals surface area (Å²) in [5.74, 6) is -2.41. The molecule has 2 rings (SSSR count). The number of anilines is 1. The van der Waals surface area contributed by atoms with Crippen molar-refractivity contribution < 1.29 is 40.7 Å². The first-order chi connectivity index (χ1) is 12.6. The van der Waals surface area contributed by atoms with Crippen molar-refractivity contribution in [3.8, 4) is 0 Å². The average molecular weight is 412 g/mol. The fraction of sp³-hybridized carbons (Fsp3) is 0.529. The van der Waals surface area contributed by atoms with Gasteiger partial charge in [-0.25, -0.2) is 0 Å². The van der Waals surface area contributed by atoms with Crippen molar-refractivity contribution in [3.05, 3.63) is 29.3 Å². The molecule has 1 aromatic rings. The number of carbonyl (C=O) groups excluding carboxylic acids is 2. The Kier molecular flexibility index (Phi) is 5.71. The smallest absolute Gasteiger partial charge is 0.369 e. The number of halogens is 6. The van der Waals surface area contributed by atoms with Gasteiger partial charge >= 0.3 is 24.2 Å². The molecular weight excluding hydrogens is 394 g/mol. The Morgan fingerprint density at radius 2 is 1.57 bits per heavy atom. The summed E-state index contributed by atoms with van der Waals surface area (Å²) in [6.45, 7) is 5.14. The summed E-state index contributed by atoms with van der Waals surface area (Å²) in [5.41, 5.74) is -4.72. The van der Waals surface area contributed by atoms with Crippen LogP contribution >= 0.6 is 0 Å². The number of rotatable bonds is 1. The van der Waals surface area contributed by atoms with Gasteiger partial charge in [-0.1, -0.05) is 0 Å². The molecule has 1 atom stereocenters. The average Bonchev–Trinajstić information content (AvgIpc) is 2.50. The molecule has 1 fully saturated rings. The van der Waals surface area contributed by atoms with E-state index in [1.54, 1.807) is 20.8 Å². The lowest BCUT2D eigenvalue weighted by Gasteiger charge is -2.41. The van der Waals surface area contributed by atoms with Gasteiger partial charge in [0.1, 0.15) is 0 Å². The van der Waals surface area contributed by atoms with Crippen LogP contribution in [0.4, 0.5) is 32.0 Å². The molecule has 1 saturated heterocycles. The highest BCUT2D eigenvalue weighted by molar-refractivity contribution is 6.39. The van der Waals surface area contributed by atoms with E-state index in [9.17, 15) is 35.9 Å². The number of alkyl halides is 6. The number of hydrogen-bond donors (Lipinski definition) is 1. The first kappa shape index (κ1) is 22.0. The monoisotopic (exact) mass is 412 g/mol. The fourth-order valence-corrected chi connectivity index (χ4v) is 2.96. The van der Waals surface area contributed by atoms with Gasteiger partial charge in [0.25, 0.3) is 0 Å². The third-order valence-corrected chi connectivity index (χ3v) is 3.90. The van der Waals surface area contributed by atoms with Crippen LogP contribution in [0.5, 0.6) is 0 Å². The number of nitrogens with one attached hydrogen (secondary N) is 1. The second kappa shape index (κ2) is 7.26. The van der Waals surface area contributed by atoms with Gasteiger partial charge in [-0.05, 0) is 39.0 Å². The fourth-order valence-electron chi connectivity index (χ4n) is 2.96. The number of morpholine rings is 1. The third kappa shape index (κ3) is 5.37. The Balaban J connectivity index is 2.26. The van der Waals surface area contributed by atoms with Crippen LogP contribution in [0, 0.1) is 0 Å². The summed E-state index contributed by atoms with van der Waals surface area (Å²) in [7, 11) is 0. The molecule has 0 aromatic heterocycles. The summed E-state index contributed by atoms with van der Waals surface area (Å²) < 4.78 is 82.9. The van der Waals surface area contributed by atoms with Crippen LogP contribution < -0.4 is 5.32 Å². The lowest BCUT2D eigenvalue weighted by Crippen LogP contribution is -2.56. The van der Waals surface area contributed by atoms with E-state index in [0.717, 1.165) is 4.90 Å². The number of nitrogens with zero attached hydrogens (tertiary/aromatic N) is 1. The maximum absolute atomic E-state index is 12.9. The van der Waals surface area contributed by atoms with Crippen molar-refractivity contribution in [2.75, 3.05) is 18.4 Å². The zero-order chi connectivity index (χ0) is 21.5. The van der Waals surface area contributed by atoms with Crippen LogP contribution in [0.25, 0.3) is 0 Å². The van der Waals surface area contributed by atoms with E-state index in [-0.39, 0.29) is 19.2 Å². The predicted octanol–water partition coefficient (Wildman–Crippen LogP) is 3.69. The molecule has 1 aromatic carbocycles. The number of ether oxygens (including phenoxy) is 1.